The minimum atomic E-state index is -3.48. The van der Waals surface area contributed by atoms with Gasteiger partial charge in [0.2, 0.25) is 0 Å². The molecule has 0 spiro atoms. The van der Waals surface area contributed by atoms with Gasteiger partial charge in [0.05, 0.1) is 14.5 Å². The molecule has 1 amide bonds. The first-order chi connectivity index (χ1) is 16.1. The molecule has 0 N–H and O–H groups in total. The molecular weight excluding hydrogens is 476 g/mol. The van der Waals surface area contributed by atoms with Crippen molar-refractivity contribution in [1.82, 2.24) is 9.88 Å². The first-order valence-electron chi connectivity index (χ1n) is 10.7. The Labute approximate surface area is 202 Å². The van der Waals surface area contributed by atoms with Crippen LogP contribution in [0.3, 0.4) is 0 Å². The summed E-state index contributed by atoms with van der Waals surface area (Å²) in [6, 6.07) is 10.8. The zero-order valence-electron chi connectivity index (χ0n) is 19.2. The maximum Gasteiger partial charge on any atom is 0.269 e. The second kappa shape index (κ2) is 10.9. The third-order valence-corrected chi connectivity index (χ3v) is 7.50. The van der Waals surface area contributed by atoms with E-state index >= 15 is 0 Å². The third kappa shape index (κ3) is 6.04. The summed E-state index contributed by atoms with van der Waals surface area (Å²) >= 11 is 1.26. The Kier molecular flexibility index (Phi) is 8.13. The molecule has 3 rings (SSSR count). The van der Waals surface area contributed by atoms with Crippen LogP contribution in [-0.4, -0.2) is 61.6 Å². The van der Waals surface area contributed by atoms with E-state index in [2.05, 4.69) is 9.88 Å². The zero-order valence-corrected chi connectivity index (χ0v) is 20.8. The SMILES string of the molecule is CCN(CC)CCN(C(=O)/C=C/c1ccc([N+](=O)[O-])cc1)c1nc2c(S(C)(=O)=O)cccc2s1. The predicted molar refractivity (Wildman–Crippen MR) is 135 cm³/mol. The average Bonchev–Trinajstić information content (AvgIpc) is 3.23. The van der Waals surface area contributed by atoms with Gasteiger partial charge in [-0.25, -0.2) is 13.4 Å². The third-order valence-electron chi connectivity index (χ3n) is 5.32. The molecule has 0 fully saturated rings. The van der Waals surface area contributed by atoms with Gasteiger partial charge >= 0.3 is 0 Å². The van der Waals surface area contributed by atoms with E-state index in [1.165, 1.54) is 40.5 Å². The van der Waals surface area contributed by atoms with Crippen LogP contribution < -0.4 is 4.90 Å². The zero-order chi connectivity index (χ0) is 24.9. The molecule has 0 bridgehead atoms. The number of carbonyl (C=O) groups excluding carboxylic acids is 1. The Balaban J connectivity index is 1.94. The lowest BCUT2D eigenvalue weighted by molar-refractivity contribution is -0.384. The number of hydrogen-bond acceptors (Lipinski definition) is 8. The summed E-state index contributed by atoms with van der Waals surface area (Å²) < 4.78 is 25.1. The fourth-order valence-corrected chi connectivity index (χ4v) is 5.29. The van der Waals surface area contributed by atoms with E-state index in [0.29, 0.717) is 34.0 Å². The lowest BCUT2D eigenvalue weighted by atomic mass is 10.2. The van der Waals surface area contributed by atoms with Gasteiger partial charge < -0.3 is 4.90 Å². The minimum Gasteiger partial charge on any atom is -0.302 e. The number of benzene rings is 2. The summed E-state index contributed by atoms with van der Waals surface area (Å²) in [7, 11) is -3.48. The number of aromatic nitrogens is 1. The number of nitrogens with zero attached hydrogens (tertiary/aromatic N) is 4. The molecule has 0 unspecified atom stereocenters. The number of nitro benzene ring substituents is 1. The molecular formula is C23H26N4O5S2. The number of fused-ring (bicyclic) bond motifs is 1. The number of nitro groups is 1. The van der Waals surface area contributed by atoms with Crippen LogP contribution in [0, 0.1) is 10.1 Å². The monoisotopic (exact) mass is 502 g/mol. The summed E-state index contributed by atoms with van der Waals surface area (Å²) in [6.07, 6.45) is 4.12. The number of likely N-dealkylation sites (N-methyl/N-ethyl adjacent to an activating group) is 1. The van der Waals surface area contributed by atoms with Gasteiger partial charge in [-0.05, 0) is 49.0 Å². The van der Waals surface area contributed by atoms with E-state index in [4.69, 9.17) is 0 Å². The predicted octanol–water partition coefficient (Wildman–Crippen LogP) is 4.00. The van der Waals surface area contributed by atoms with Crippen molar-refractivity contribution in [2.45, 2.75) is 18.7 Å². The Morgan fingerprint density at radius 1 is 1.12 bits per heavy atom. The van der Waals surface area contributed by atoms with Gasteiger partial charge in [0.25, 0.3) is 11.6 Å². The fraction of sp³-hybridized carbons (Fsp3) is 0.304. The van der Waals surface area contributed by atoms with Crippen molar-refractivity contribution >= 4 is 54.2 Å². The minimum absolute atomic E-state index is 0.0273. The van der Waals surface area contributed by atoms with E-state index < -0.39 is 14.8 Å². The molecule has 34 heavy (non-hydrogen) atoms. The van der Waals surface area contributed by atoms with Crippen LogP contribution in [0.4, 0.5) is 10.8 Å². The van der Waals surface area contributed by atoms with Gasteiger partial charge in [0, 0.05) is 37.6 Å². The second-order valence-electron chi connectivity index (χ2n) is 7.57. The number of sulfone groups is 1. The van der Waals surface area contributed by atoms with Crippen molar-refractivity contribution in [3.8, 4) is 0 Å². The van der Waals surface area contributed by atoms with Gasteiger partial charge in [0.1, 0.15) is 5.52 Å². The first kappa shape index (κ1) is 25.5. The van der Waals surface area contributed by atoms with Crippen molar-refractivity contribution < 1.29 is 18.1 Å². The molecule has 1 heterocycles. The van der Waals surface area contributed by atoms with Crippen LogP contribution in [0.15, 0.2) is 53.4 Å². The standard InChI is InChI=1S/C23H26N4O5S2/c1-4-25(5-2)15-16-26(21(28)14-11-17-9-12-18(13-10-17)27(29)30)23-24-22-19(33-23)7-6-8-20(22)34(3,31)32/h6-14H,4-5,15-16H2,1-3H3/b14-11+. The molecule has 0 saturated heterocycles. The number of hydrogen-bond donors (Lipinski definition) is 0. The van der Waals surface area contributed by atoms with Crippen molar-refractivity contribution in [1.29, 1.82) is 0 Å². The quantitative estimate of drug-likeness (QED) is 0.234. The van der Waals surface area contributed by atoms with Gasteiger partial charge in [-0.1, -0.05) is 31.3 Å². The molecule has 0 aliphatic carbocycles. The first-order valence-corrected chi connectivity index (χ1v) is 13.4. The van der Waals surface area contributed by atoms with E-state index in [-0.39, 0.29) is 16.5 Å². The molecule has 11 heteroatoms. The summed E-state index contributed by atoms with van der Waals surface area (Å²) in [6.45, 7) is 6.74. The van der Waals surface area contributed by atoms with Crippen LogP contribution in [-0.2, 0) is 14.6 Å². The number of rotatable bonds is 10. The van der Waals surface area contributed by atoms with Crippen molar-refractivity contribution in [2.75, 3.05) is 37.3 Å². The highest BCUT2D eigenvalue weighted by molar-refractivity contribution is 7.91. The van der Waals surface area contributed by atoms with Crippen LogP contribution >= 0.6 is 11.3 Å². The number of non-ortho nitro benzene ring substituents is 1. The number of amides is 1. The summed E-state index contributed by atoms with van der Waals surface area (Å²) in [5.41, 5.74) is 0.969. The summed E-state index contributed by atoms with van der Waals surface area (Å²) in [5, 5.41) is 11.3. The summed E-state index contributed by atoms with van der Waals surface area (Å²) in [4.78, 5) is 31.9. The van der Waals surface area contributed by atoms with Crippen LogP contribution in [0.1, 0.15) is 19.4 Å². The fourth-order valence-electron chi connectivity index (χ4n) is 3.37. The number of thiazole rings is 1. The van der Waals surface area contributed by atoms with Gasteiger partial charge in [-0.3, -0.25) is 19.8 Å². The maximum absolute atomic E-state index is 13.2. The Morgan fingerprint density at radius 3 is 2.38 bits per heavy atom. The number of para-hydroxylation sites is 1. The molecule has 2 aromatic carbocycles. The van der Waals surface area contributed by atoms with Crippen LogP contribution in [0.2, 0.25) is 0 Å². The van der Waals surface area contributed by atoms with E-state index in [1.54, 1.807) is 30.3 Å². The lowest BCUT2D eigenvalue weighted by Gasteiger charge is -2.23. The highest BCUT2D eigenvalue weighted by Gasteiger charge is 2.22. The number of anilines is 1. The van der Waals surface area contributed by atoms with Gasteiger partial charge in [-0.2, -0.15) is 0 Å². The van der Waals surface area contributed by atoms with E-state index in [9.17, 15) is 23.3 Å². The smallest absolute Gasteiger partial charge is 0.269 e. The average molecular weight is 503 g/mol. The van der Waals surface area contributed by atoms with Crippen molar-refractivity contribution in [3.63, 3.8) is 0 Å². The van der Waals surface area contributed by atoms with Gasteiger partial charge in [-0.15, -0.1) is 0 Å². The topological polar surface area (TPSA) is 114 Å². The molecule has 9 nitrogen and oxygen atoms in total. The van der Waals surface area contributed by atoms with Gasteiger partial charge in [0.15, 0.2) is 15.0 Å². The lowest BCUT2D eigenvalue weighted by Crippen LogP contribution is -2.38. The van der Waals surface area contributed by atoms with Crippen molar-refractivity contribution in [2.24, 2.45) is 0 Å². The molecule has 0 aliphatic rings. The second-order valence-corrected chi connectivity index (χ2v) is 10.6. The summed E-state index contributed by atoms with van der Waals surface area (Å²) in [5.74, 6) is -0.314. The molecule has 1 aromatic heterocycles. The van der Waals surface area contributed by atoms with E-state index in [1.807, 2.05) is 13.8 Å². The molecule has 0 atom stereocenters. The van der Waals surface area contributed by atoms with Crippen LogP contribution in [0.5, 0.6) is 0 Å². The van der Waals surface area contributed by atoms with E-state index in [0.717, 1.165) is 19.3 Å². The molecule has 0 saturated carbocycles. The Bertz CT molecular complexity index is 1310. The Hall–Kier alpha value is -3.15. The molecule has 0 aliphatic heterocycles. The highest BCUT2D eigenvalue weighted by atomic mass is 32.2. The van der Waals surface area contributed by atoms with Crippen molar-refractivity contribution in [3.05, 3.63) is 64.2 Å². The van der Waals surface area contributed by atoms with Crippen LogP contribution in [0.25, 0.3) is 16.3 Å². The largest absolute Gasteiger partial charge is 0.302 e. The number of carbonyl (C=O) groups is 1. The normalized spacial score (nSPS) is 12.0. The molecule has 3 aromatic rings. The molecule has 0 radical (unpaired) electrons. The highest BCUT2D eigenvalue weighted by Crippen LogP contribution is 2.32. The molecule has 180 valence electrons. The maximum atomic E-state index is 13.2. The Morgan fingerprint density at radius 2 is 1.79 bits per heavy atom.